The zero-order valence-electron chi connectivity index (χ0n) is 9.29. The van der Waals surface area contributed by atoms with Gasteiger partial charge in [-0.25, -0.2) is 9.82 Å². The molecule has 0 aliphatic carbocycles. The number of nitrogens with one attached hydrogen (secondary N) is 1. The number of hydrazine groups is 1. The first-order valence-corrected chi connectivity index (χ1v) is 6.01. The van der Waals surface area contributed by atoms with E-state index in [1.165, 1.54) is 6.07 Å². The molecule has 3 nitrogen and oxygen atoms in total. The van der Waals surface area contributed by atoms with Crippen molar-refractivity contribution in [2.75, 3.05) is 0 Å². The number of furan rings is 1. The summed E-state index contributed by atoms with van der Waals surface area (Å²) in [5.74, 6) is 5.60. The average Bonchev–Trinajstić information content (AvgIpc) is 2.76. The second kappa shape index (κ2) is 5.71. The van der Waals surface area contributed by atoms with E-state index < -0.39 is 6.04 Å². The average molecular weight is 289 g/mol. The monoisotopic (exact) mass is 288 g/mol. The molecule has 96 valence electrons. The standard InChI is InChI=1S/C12H11Cl2FN2O/c13-8-2-1-3-9(15)7(8)6-10(17-16)11-4-5-12(14)18-11/h1-5,10,17H,6,16H2. The van der Waals surface area contributed by atoms with E-state index in [0.717, 1.165) is 0 Å². The summed E-state index contributed by atoms with van der Waals surface area (Å²) in [6.45, 7) is 0. The molecule has 0 aliphatic heterocycles. The fourth-order valence-electron chi connectivity index (χ4n) is 1.69. The van der Waals surface area contributed by atoms with Gasteiger partial charge in [0.05, 0.1) is 6.04 Å². The summed E-state index contributed by atoms with van der Waals surface area (Å²) in [4.78, 5) is 0. The maximum Gasteiger partial charge on any atom is 0.193 e. The topological polar surface area (TPSA) is 51.2 Å². The molecule has 1 aromatic heterocycles. The van der Waals surface area contributed by atoms with Gasteiger partial charge in [-0.3, -0.25) is 5.84 Å². The van der Waals surface area contributed by atoms with E-state index in [-0.39, 0.29) is 17.5 Å². The number of halogens is 3. The largest absolute Gasteiger partial charge is 0.448 e. The van der Waals surface area contributed by atoms with Crippen LogP contribution in [0.15, 0.2) is 34.7 Å². The maximum absolute atomic E-state index is 13.7. The molecule has 0 spiro atoms. The summed E-state index contributed by atoms with van der Waals surface area (Å²) in [6.07, 6.45) is 0.270. The summed E-state index contributed by atoms with van der Waals surface area (Å²) in [6, 6.07) is 7.42. The lowest BCUT2D eigenvalue weighted by molar-refractivity contribution is 0.413. The first-order chi connectivity index (χ1) is 8.61. The molecule has 1 atom stereocenters. The van der Waals surface area contributed by atoms with Crippen LogP contribution in [0.1, 0.15) is 17.4 Å². The Morgan fingerprint density at radius 2 is 2.06 bits per heavy atom. The minimum Gasteiger partial charge on any atom is -0.448 e. The van der Waals surface area contributed by atoms with Crippen LogP contribution in [0, 0.1) is 5.82 Å². The molecule has 0 aliphatic rings. The number of hydrogen-bond acceptors (Lipinski definition) is 3. The van der Waals surface area contributed by atoms with Crippen molar-refractivity contribution in [2.45, 2.75) is 12.5 Å². The van der Waals surface area contributed by atoms with E-state index in [2.05, 4.69) is 5.43 Å². The van der Waals surface area contributed by atoms with Gasteiger partial charge < -0.3 is 4.42 Å². The zero-order valence-corrected chi connectivity index (χ0v) is 10.8. The predicted molar refractivity (Wildman–Crippen MR) is 68.9 cm³/mol. The van der Waals surface area contributed by atoms with Gasteiger partial charge in [-0.05, 0) is 35.9 Å². The molecule has 0 saturated carbocycles. The Hall–Kier alpha value is -1.07. The minimum atomic E-state index is -0.396. The van der Waals surface area contributed by atoms with Crippen molar-refractivity contribution in [2.24, 2.45) is 5.84 Å². The van der Waals surface area contributed by atoms with Crippen LogP contribution in [0.3, 0.4) is 0 Å². The number of nitrogens with two attached hydrogens (primary N) is 1. The van der Waals surface area contributed by atoms with Crippen molar-refractivity contribution in [1.29, 1.82) is 0 Å². The number of benzene rings is 1. The molecular formula is C12H11Cl2FN2O. The quantitative estimate of drug-likeness (QED) is 0.669. The molecule has 2 aromatic rings. The van der Waals surface area contributed by atoms with E-state index >= 15 is 0 Å². The van der Waals surface area contributed by atoms with Crippen LogP contribution >= 0.6 is 23.2 Å². The summed E-state index contributed by atoms with van der Waals surface area (Å²) >= 11 is 11.6. The van der Waals surface area contributed by atoms with Crippen LogP contribution in [0.25, 0.3) is 0 Å². The molecule has 1 unspecified atom stereocenters. The number of hydrogen-bond donors (Lipinski definition) is 2. The lowest BCUT2D eigenvalue weighted by atomic mass is 10.0. The van der Waals surface area contributed by atoms with Crippen LogP contribution in [0.4, 0.5) is 4.39 Å². The Morgan fingerprint density at radius 1 is 1.28 bits per heavy atom. The molecule has 0 amide bonds. The lowest BCUT2D eigenvalue weighted by Crippen LogP contribution is -2.29. The summed E-state index contributed by atoms with van der Waals surface area (Å²) in [5, 5.41) is 0.609. The van der Waals surface area contributed by atoms with Crippen LogP contribution in [0.5, 0.6) is 0 Å². The molecule has 1 heterocycles. The maximum atomic E-state index is 13.7. The first kappa shape index (κ1) is 13.4. The Bertz CT molecular complexity index is 524. The van der Waals surface area contributed by atoms with Gasteiger partial charge in [0.2, 0.25) is 0 Å². The molecule has 1 aromatic carbocycles. The second-order valence-electron chi connectivity index (χ2n) is 3.77. The van der Waals surface area contributed by atoms with Crippen LogP contribution in [-0.2, 0) is 6.42 Å². The lowest BCUT2D eigenvalue weighted by Gasteiger charge is -2.14. The molecule has 2 rings (SSSR count). The van der Waals surface area contributed by atoms with Gasteiger partial charge in [-0.1, -0.05) is 17.7 Å². The van der Waals surface area contributed by atoms with Crippen molar-refractivity contribution in [3.63, 3.8) is 0 Å². The van der Waals surface area contributed by atoms with Crippen molar-refractivity contribution in [3.8, 4) is 0 Å². The van der Waals surface area contributed by atoms with Gasteiger partial charge in [0.1, 0.15) is 11.6 Å². The van der Waals surface area contributed by atoms with E-state index in [4.69, 9.17) is 33.5 Å². The van der Waals surface area contributed by atoms with Gasteiger partial charge in [0, 0.05) is 17.0 Å². The summed E-state index contributed by atoms with van der Waals surface area (Å²) < 4.78 is 18.9. The molecule has 6 heteroatoms. The van der Waals surface area contributed by atoms with Crippen LogP contribution in [-0.4, -0.2) is 0 Å². The van der Waals surface area contributed by atoms with Crippen molar-refractivity contribution in [1.82, 2.24) is 5.43 Å². The first-order valence-electron chi connectivity index (χ1n) is 5.26. The Balaban J connectivity index is 2.26. The predicted octanol–water partition coefficient (Wildman–Crippen LogP) is 3.47. The van der Waals surface area contributed by atoms with Crippen LogP contribution < -0.4 is 11.3 Å². The highest BCUT2D eigenvalue weighted by atomic mass is 35.5. The van der Waals surface area contributed by atoms with Crippen molar-refractivity contribution in [3.05, 3.63) is 57.7 Å². The normalized spacial score (nSPS) is 12.7. The third-order valence-electron chi connectivity index (χ3n) is 2.61. The molecular weight excluding hydrogens is 278 g/mol. The van der Waals surface area contributed by atoms with E-state index in [0.29, 0.717) is 16.3 Å². The van der Waals surface area contributed by atoms with Crippen LogP contribution in [0.2, 0.25) is 10.2 Å². The third-order valence-corrected chi connectivity index (χ3v) is 3.17. The Kier molecular flexibility index (Phi) is 4.24. The summed E-state index contributed by atoms with van der Waals surface area (Å²) in [5.41, 5.74) is 2.94. The highest BCUT2D eigenvalue weighted by Gasteiger charge is 2.18. The molecule has 0 bridgehead atoms. The molecule has 3 N–H and O–H groups in total. The van der Waals surface area contributed by atoms with Gasteiger partial charge in [0.25, 0.3) is 0 Å². The van der Waals surface area contributed by atoms with Gasteiger partial charge in [0.15, 0.2) is 5.22 Å². The number of rotatable bonds is 4. The van der Waals surface area contributed by atoms with E-state index in [1.807, 2.05) is 0 Å². The van der Waals surface area contributed by atoms with E-state index in [1.54, 1.807) is 24.3 Å². The van der Waals surface area contributed by atoms with Gasteiger partial charge in [-0.15, -0.1) is 0 Å². The second-order valence-corrected chi connectivity index (χ2v) is 4.55. The Morgan fingerprint density at radius 3 is 2.61 bits per heavy atom. The fourth-order valence-corrected chi connectivity index (χ4v) is 2.08. The highest BCUT2D eigenvalue weighted by molar-refractivity contribution is 6.31. The zero-order chi connectivity index (χ0) is 13.1. The molecule has 0 saturated heterocycles. The fraction of sp³-hybridized carbons (Fsp3) is 0.167. The SMILES string of the molecule is NNC(Cc1c(F)cccc1Cl)c1ccc(Cl)o1. The highest BCUT2D eigenvalue weighted by Crippen LogP contribution is 2.27. The van der Waals surface area contributed by atoms with Crippen molar-refractivity contribution < 1.29 is 8.81 Å². The smallest absolute Gasteiger partial charge is 0.193 e. The minimum absolute atomic E-state index is 0.255. The van der Waals surface area contributed by atoms with Crippen molar-refractivity contribution >= 4 is 23.2 Å². The molecule has 18 heavy (non-hydrogen) atoms. The van der Waals surface area contributed by atoms with E-state index in [9.17, 15) is 4.39 Å². The summed E-state index contributed by atoms with van der Waals surface area (Å²) in [7, 11) is 0. The Labute approximate surface area is 114 Å². The van der Waals surface area contributed by atoms with Gasteiger partial charge >= 0.3 is 0 Å². The molecule has 0 fully saturated rings. The van der Waals surface area contributed by atoms with Gasteiger partial charge in [-0.2, -0.15) is 0 Å². The molecule has 0 radical (unpaired) electrons. The third kappa shape index (κ3) is 2.84.